The number of ether oxygens (including phenoxy) is 2. The molecule has 0 bridgehead atoms. The van der Waals surface area contributed by atoms with E-state index in [4.69, 9.17) is 9.47 Å². The molecule has 1 heterocycles. The van der Waals surface area contributed by atoms with Gasteiger partial charge in [-0.25, -0.2) is 0 Å². The number of amides is 2. The number of likely N-dealkylation sites (tertiary alicyclic amines) is 1. The van der Waals surface area contributed by atoms with E-state index in [9.17, 15) is 14.7 Å². The van der Waals surface area contributed by atoms with E-state index in [1.54, 1.807) is 24.1 Å². The van der Waals surface area contributed by atoms with E-state index in [2.05, 4.69) is 5.32 Å². The fourth-order valence-electron chi connectivity index (χ4n) is 4.56. The number of phenols is 1. The van der Waals surface area contributed by atoms with E-state index in [1.807, 2.05) is 63.2 Å². The number of rotatable bonds is 7. The minimum Gasteiger partial charge on any atom is -0.506 e. The number of carbonyl (C=O) groups excluding carboxylic acids is 2. The van der Waals surface area contributed by atoms with Gasteiger partial charge in [0.05, 0.1) is 24.8 Å². The molecule has 1 aliphatic rings. The number of fused-ring (bicyclic) bond motifs is 1. The summed E-state index contributed by atoms with van der Waals surface area (Å²) in [4.78, 5) is 28.1. The van der Waals surface area contributed by atoms with Gasteiger partial charge in [-0.3, -0.25) is 9.59 Å². The van der Waals surface area contributed by atoms with Crippen LogP contribution in [0.5, 0.6) is 17.2 Å². The van der Waals surface area contributed by atoms with Crippen molar-refractivity contribution in [2.24, 2.45) is 0 Å². The summed E-state index contributed by atoms with van der Waals surface area (Å²) >= 11 is 0. The lowest BCUT2D eigenvalue weighted by molar-refractivity contribution is -0.125. The second-order valence-corrected chi connectivity index (χ2v) is 9.15. The van der Waals surface area contributed by atoms with Gasteiger partial charge in [0, 0.05) is 11.9 Å². The highest BCUT2D eigenvalue weighted by atomic mass is 16.5. The van der Waals surface area contributed by atoms with Crippen molar-refractivity contribution in [3.05, 3.63) is 65.7 Å². The van der Waals surface area contributed by atoms with Crippen molar-refractivity contribution in [3.63, 3.8) is 0 Å². The third-order valence-electron chi connectivity index (χ3n) is 6.36. The number of phenolic OH excluding ortho intramolecular Hbond substituents is 1. The Balaban J connectivity index is 1.50. The number of nitrogens with one attached hydrogen (secondary N) is 1. The lowest BCUT2D eigenvalue weighted by Gasteiger charge is -2.26. The van der Waals surface area contributed by atoms with Gasteiger partial charge in [-0.05, 0) is 62.8 Å². The second kappa shape index (κ2) is 10.3. The largest absolute Gasteiger partial charge is 0.506 e. The van der Waals surface area contributed by atoms with Crippen LogP contribution in [0.2, 0.25) is 0 Å². The average Bonchev–Trinajstić information content (AvgIpc) is 3.34. The molecule has 1 aliphatic heterocycles. The number of hydrogen-bond donors (Lipinski definition) is 2. The van der Waals surface area contributed by atoms with E-state index in [-0.39, 0.29) is 35.3 Å². The van der Waals surface area contributed by atoms with E-state index in [0.29, 0.717) is 29.9 Å². The monoisotopic (exact) mass is 476 g/mol. The van der Waals surface area contributed by atoms with Gasteiger partial charge in [-0.2, -0.15) is 0 Å². The van der Waals surface area contributed by atoms with Crippen molar-refractivity contribution < 1.29 is 24.2 Å². The number of nitrogens with zero attached hydrogens (tertiary/aromatic N) is 1. The Bertz CT molecular complexity index is 1240. The molecule has 0 radical (unpaired) electrons. The standard InChI is InChI=1S/C28H32N2O5/c1-17(2)35-24-14-12-20(16-25(24)34-4)18(3)29-27(32)23-10-7-15-30(23)28(33)22-13-11-19-8-5-6-9-21(19)26(22)31/h5-6,8-9,11-14,16-18,23,31H,7,10,15H2,1-4H3,(H,29,32). The van der Waals surface area contributed by atoms with Crippen LogP contribution in [-0.2, 0) is 4.79 Å². The summed E-state index contributed by atoms with van der Waals surface area (Å²) in [5, 5.41) is 15.3. The number of hydrogen-bond acceptors (Lipinski definition) is 5. The zero-order valence-electron chi connectivity index (χ0n) is 20.6. The molecule has 4 rings (SSSR count). The third-order valence-corrected chi connectivity index (χ3v) is 6.36. The van der Waals surface area contributed by atoms with Crippen LogP contribution in [-0.4, -0.2) is 47.6 Å². The molecule has 2 unspecified atom stereocenters. The summed E-state index contributed by atoms with van der Waals surface area (Å²) in [6, 6.07) is 15.5. The molecule has 7 nitrogen and oxygen atoms in total. The van der Waals surface area contributed by atoms with E-state index < -0.39 is 6.04 Å². The molecule has 1 fully saturated rings. The Morgan fingerprint density at radius 1 is 1.06 bits per heavy atom. The minimum absolute atomic E-state index is 0.0137. The summed E-state index contributed by atoms with van der Waals surface area (Å²) in [7, 11) is 1.58. The van der Waals surface area contributed by atoms with E-state index >= 15 is 0 Å². The summed E-state index contributed by atoms with van der Waals surface area (Å²) in [5.74, 6) is 0.637. The number of carbonyl (C=O) groups is 2. The number of methoxy groups -OCH3 is 1. The summed E-state index contributed by atoms with van der Waals surface area (Å²) in [5.41, 5.74) is 1.08. The Labute approximate surface area is 205 Å². The Hall–Kier alpha value is -3.74. The molecule has 1 saturated heterocycles. The molecule has 7 heteroatoms. The molecule has 0 saturated carbocycles. The second-order valence-electron chi connectivity index (χ2n) is 9.15. The molecule has 2 N–H and O–H groups in total. The van der Waals surface area contributed by atoms with Crippen LogP contribution in [0.15, 0.2) is 54.6 Å². The van der Waals surface area contributed by atoms with Crippen LogP contribution in [0.25, 0.3) is 10.8 Å². The van der Waals surface area contributed by atoms with Crippen LogP contribution in [0.4, 0.5) is 0 Å². The molecule has 184 valence electrons. The van der Waals surface area contributed by atoms with Crippen molar-refractivity contribution in [3.8, 4) is 17.2 Å². The summed E-state index contributed by atoms with van der Waals surface area (Å²) < 4.78 is 11.2. The van der Waals surface area contributed by atoms with Crippen LogP contribution in [0.3, 0.4) is 0 Å². The highest BCUT2D eigenvalue weighted by Gasteiger charge is 2.36. The Morgan fingerprint density at radius 3 is 2.57 bits per heavy atom. The van der Waals surface area contributed by atoms with Crippen molar-refractivity contribution >= 4 is 22.6 Å². The van der Waals surface area contributed by atoms with Crippen molar-refractivity contribution in [1.29, 1.82) is 0 Å². The van der Waals surface area contributed by atoms with Crippen molar-refractivity contribution in [2.75, 3.05) is 13.7 Å². The zero-order chi connectivity index (χ0) is 25.1. The predicted molar refractivity (Wildman–Crippen MR) is 135 cm³/mol. The maximum absolute atomic E-state index is 13.3. The predicted octanol–water partition coefficient (Wildman–Crippen LogP) is 4.82. The molecule has 3 aromatic rings. The zero-order valence-corrected chi connectivity index (χ0v) is 20.6. The van der Waals surface area contributed by atoms with Gasteiger partial charge in [0.1, 0.15) is 11.8 Å². The maximum atomic E-state index is 13.3. The van der Waals surface area contributed by atoms with Crippen LogP contribution in [0, 0.1) is 0 Å². The first kappa shape index (κ1) is 24.4. The lowest BCUT2D eigenvalue weighted by atomic mass is 10.0. The topological polar surface area (TPSA) is 88.1 Å². The first-order chi connectivity index (χ1) is 16.8. The van der Waals surface area contributed by atoms with Crippen molar-refractivity contribution in [2.45, 2.75) is 51.8 Å². The normalized spacial score (nSPS) is 16.4. The molecule has 2 atom stereocenters. The molecular weight excluding hydrogens is 444 g/mol. The number of aromatic hydroxyl groups is 1. The first-order valence-corrected chi connectivity index (χ1v) is 12.0. The Kier molecular flexibility index (Phi) is 7.15. The molecule has 3 aromatic carbocycles. The SMILES string of the molecule is COc1cc(C(C)NC(=O)C2CCCN2C(=O)c2ccc3ccccc3c2O)ccc1OC(C)C. The van der Waals surface area contributed by atoms with Gasteiger partial charge >= 0.3 is 0 Å². The third kappa shape index (κ3) is 5.04. The fraction of sp³-hybridized carbons (Fsp3) is 0.357. The van der Waals surface area contributed by atoms with E-state index in [1.165, 1.54) is 0 Å². The molecule has 35 heavy (non-hydrogen) atoms. The van der Waals surface area contributed by atoms with Gasteiger partial charge in [-0.1, -0.05) is 36.4 Å². The molecule has 2 amide bonds. The van der Waals surface area contributed by atoms with Gasteiger partial charge in [0.2, 0.25) is 5.91 Å². The molecule has 0 spiro atoms. The lowest BCUT2D eigenvalue weighted by Crippen LogP contribution is -2.46. The van der Waals surface area contributed by atoms with Gasteiger partial charge < -0.3 is 24.8 Å². The molecule has 0 aliphatic carbocycles. The van der Waals surface area contributed by atoms with Crippen LogP contribution >= 0.6 is 0 Å². The average molecular weight is 477 g/mol. The maximum Gasteiger partial charge on any atom is 0.258 e. The van der Waals surface area contributed by atoms with Crippen LogP contribution < -0.4 is 14.8 Å². The summed E-state index contributed by atoms with van der Waals surface area (Å²) in [6.45, 7) is 6.25. The quantitative estimate of drug-likeness (QED) is 0.510. The van der Waals surface area contributed by atoms with Crippen molar-refractivity contribution in [1.82, 2.24) is 10.2 Å². The van der Waals surface area contributed by atoms with Crippen LogP contribution in [0.1, 0.15) is 55.6 Å². The van der Waals surface area contributed by atoms with Gasteiger partial charge in [0.15, 0.2) is 11.5 Å². The first-order valence-electron chi connectivity index (χ1n) is 12.0. The minimum atomic E-state index is -0.596. The molecule has 0 aromatic heterocycles. The Morgan fingerprint density at radius 2 is 1.83 bits per heavy atom. The highest BCUT2D eigenvalue weighted by molar-refractivity contribution is 6.05. The number of benzene rings is 3. The molecular formula is C28H32N2O5. The summed E-state index contributed by atoms with van der Waals surface area (Å²) in [6.07, 6.45) is 1.31. The fourth-order valence-corrected chi connectivity index (χ4v) is 4.56. The van der Waals surface area contributed by atoms with Gasteiger partial charge in [0.25, 0.3) is 5.91 Å². The van der Waals surface area contributed by atoms with E-state index in [0.717, 1.165) is 17.4 Å². The van der Waals surface area contributed by atoms with Gasteiger partial charge in [-0.15, -0.1) is 0 Å². The smallest absolute Gasteiger partial charge is 0.258 e. The highest BCUT2D eigenvalue weighted by Crippen LogP contribution is 2.33.